The van der Waals surface area contributed by atoms with E-state index in [1.165, 1.54) is 24.1 Å². The van der Waals surface area contributed by atoms with Crippen LogP contribution >= 0.6 is 11.6 Å². The third-order valence-electron chi connectivity index (χ3n) is 3.73. The molecule has 1 aromatic rings. The summed E-state index contributed by atoms with van der Waals surface area (Å²) in [6.07, 6.45) is -0.0720. The van der Waals surface area contributed by atoms with Crippen molar-refractivity contribution >= 4 is 23.4 Å². The van der Waals surface area contributed by atoms with Gasteiger partial charge in [-0.15, -0.1) is 0 Å². The molecule has 0 unspecified atom stereocenters. The van der Waals surface area contributed by atoms with Crippen LogP contribution in [-0.2, 0) is 14.3 Å². The van der Waals surface area contributed by atoms with E-state index in [1.54, 1.807) is 0 Å². The first-order chi connectivity index (χ1) is 10.9. The molecule has 1 aromatic carbocycles. The Balaban J connectivity index is 2.24. The number of nitrogens with two attached hydrogens (primary N) is 1. The summed E-state index contributed by atoms with van der Waals surface area (Å²) in [4.78, 5) is 25.4. The predicted molar refractivity (Wildman–Crippen MR) is 81.7 cm³/mol. The largest absolute Gasteiger partial charge is 0.377 e. The summed E-state index contributed by atoms with van der Waals surface area (Å²) in [7, 11) is 1.44. The topological polar surface area (TPSA) is 81.9 Å². The molecule has 1 saturated heterocycles. The zero-order valence-electron chi connectivity index (χ0n) is 12.7. The van der Waals surface area contributed by atoms with Gasteiger partial charge in [0.1, 0.15) is 11.4 Å². The number of ether oxygens (including phenoxy) is 2. The van der Waals surface area contributed by atoms with Crippen molar-refractivity contribution in [3.63, 3.8) is 0 Å². The predicted octanol–water partition coefficient (Wildman–Crippen LogP) is 1.21. The highest BCUT2D eigenvalue weighted by Crippen LogP contribution is 2.23. The molecule has 2 amide bonds. The standard InChI is InChI=1S/C15H18ClFN2O4/c1-22-15(7-13(18)20)8-19(4-5-23-9-15)14(21)10-2-3-12(17)11(16)6-10/h2-3,6H,4-5,7-9H2,1H3,(H2,18,20)/t15-/m1/s1. The Hall–Kier alpha value is -1.70. The highest BCUT2D eigenvalue weighted by molar-refractivity contribution is 6.31. The van der Waals surface area contributed by atoms with Crippen LogP contribution in [0.2, 0.25) is 5.02 Å². The minimum absolute atomic E-state index is 0.0720. The molecule has 1 fully saturated rings. The van der Waals surface area contributed by atoms with Crippen molar-refractivity contribution in [2.45, 2.75) is 12.0 Å². The summed E-state index contributed by atoms with van der Waals surface area (Å²) in [6.45, 7) is 0.906. The van der Waals surface area contributed by atoms with Gasteiger partial charge in [0.15, 0.2) is 0 Å². The minimum atomic E-state index is -0.998. The normalized spacial score (nSPS) is 21.8. The first kappa shape index (κ1) is 17.7. The Labute approximate surface area is 138 Å². The quantitative estimate of drug-likeness (QED) is 0.890. The molecule has 0 radical (unpaired) electrons. The molecule has 0 bridgehead atoms. The smallest absolute Gasteiger partial charge is 0.254 e. The van der Waals surface area contributed by atoms with E-state index in [4.69, 9.17) is 26.8 Å². The number of carbonyl (C=O) groups is 2. The van der Waals surface area contributed by atoms with E-state index in [0.29, 0.717) is 13.2 Å². The van der Waals surface area contributed by atoms with Crippen molar-refractivity contribution in [2.24, 2.45) is 5.73 Å². The number of benzene rings is 1. The highest BCUT2D eigenvalue weighted by atomic mass is 35.5. The molecular weight excluding hydrogens is 327 g/mol. The molecular formula is C15H18ClFN2O4. The molecule has 0 aliphatic carbocycles. The lowest BCUT2D eigenvalue weighted by Gasteiger charge is -2.33. The van der Waals surface area contributed by atoms with Crippen LogP contribution < -0.4 is 5.73 Å². The van der Waals surface area contributed by atoms with E-state index >= 15 is 0 Å². The zero-order chi connectivity index (χ0) is 17.0. The molecule has 6 nitrogen and oxygen atoms in total. The summed E-state index contributed by atoms with van der Waals surface area (Å²) in [6, 6.07) is 3.77. The molecule has 0 spiro atoms. The Bertz CT molecular complexity index is 613. The molecule has 0 saturated carbocycles. The van der Waals surface area contributed by atoms with Crippen LogP contribution in [0.15, 0.2) is 18.2 Å². The van der Waals surface area contributed by atoms with Gasteiger partial charge in [-0.3, -0.25) is 9.59 Å². The molecule has 2 N–H and O–H groups in total. The Morgan fingerprint density at radius 1 is 1.52 bits per heavy atom. The third-order valence-corrected chi connectivity index (χ3v) is 4.02. The number of nitrogens with zero attached hydrogens (tertiary/aromatic N) is 1. The molecule has 0 aromatic heterocycles. The van der Waals surface area contributed by atoms with Crippen LogP contribution in [0.4, 0.5) is 4.39 Å². The highest BCUT2D eigenvalue weighted by Gasteiger charge is 2.38. The number of hydrogen-bond donors (Lipinski definition) is 1. The van der Waals surface area contributed by atoms with Crippen molar-refractivity contribution in [3.8, 4) is 0 Å². The van der Waals surface area contributed by atoms with Gasteiger partial charge in [-0.2, -0.15) is 0 Å². The van der Waals surface area contributed by atoms with Crippen LogP contribution in [0.3, 0.4) is 0 Å². The van der Waals surface area contributed by atoms with Crippen LogP contribution in [0.25, 0.3) is 0 Å². The van der Waals surface area contributed by atoms with Gasteiger partial charge in [0.05, 0.1) is 31.2 Å². The summed E-state index contributed by atoms with van der Waals surface area (Å²) >= 11 is 5.72. The lowest BCUT2D eigenvalue weighted by atomic mass is 9.99. The van der Waals surface area contributed by atoms with E-state index in [-0.39, 0.29) is 36.1 Å². The maximum Gasteiger partial charge on any atom is 0.254 e. The van der Waals surface area contributed by atoms with Gasteiger partial charge in [-0.05, 0) is 18.2 Å². The van der Waals surface area contributed by atoms with Gasteiger partial charge >= 0.3 is 0 Å². The summed E-state index contributed by atoms with van der Waals surface area (Å²) in [5, 5.41) is -0.128. The van der Waals surface area contributed by atoms with E-state index in [1.807, 2.05) is 0 Å². The molecule has 2 rings (SSSR count). The van der Waals surface area contributed by atoms with Crippen LogP contribution in [-0.4, -0.2) is 55.7 Å². The first-order valence-electron chi connectivity index (χ1n) is 7.02. The van der Waals surface area contributed by atoms with Gasteiger partial charge in [0.25, 0.3) is 5.91 Å². The van der Waals surface area contributed by atoms with Crippen molar-refractivity contribution in [1.29, 1.82) is 0 Å². The minimum Gasteiger partial charge on any atom is -0.377 e. The second kappa shape index (κ2) is 7.25. The Morgan fingerprint density at radius 3 is 2.87 bits per heavy atom. The third kappa shape index (κ3) is 4.19. The van der Waals surface area contributed by atoms with Crippen molar-refractivity contribution in [2.75, 3.05) is 33.4 Å². The molecule has 1 heterocycles. The number of primary amides is 1. The molecule has 126 valence electrons. The van der Waals surface area contributed by atoms with Gasteiger partial charge < -0.3 is 20.1 Å². The monoisotopic (exact) mass is 344 g/mol. The molecule has 23 heavy (non-hydrogen) atoms. The molecule has 1 aliphatic heterocycles. The van der Waals surface area contributed by atoms with E-state index < -0.39 is 17.3 Å². The van der Waals surface area contributed by atoms with E-state index in [9.17, 15) is 14.0 Å². The van der Waals surface area contributed by atoms with Crippen LogP contribution in [0.1, 0.15) is 16.8 Å². The lowest BCUT2D eigenvalue weighted by Crippen LogP contribution is -2.50. The fourth-order valence-corrected chi connectivity index (χ4v) is 2.69. The fraction of sp³-hybridized carbons (Fsp3) is 0.467. The van der Waals surface area contributed by atoms with Gasteiger partial charge in [-0.25, -0.2) is 4.39 Å². The second-order valence-corrected chi connectivity index (χ2v) is 5.85. The van der Waals surface area contributed by atoms with Crippen molar-refractivity contribution in [3.05, 3.63) is 34.6 Å². The summed E-state index contributed by atoms with van der Waals surface area (Å²) in [5.41, 5.74) is 4.52. The summed E-state index contributed by atoms with van der Waals surface area (Å²) in [5.74, 6) is -1.49. The summed E-state index contributed by atoms with van der Waals surface area (Å²) < 4.78 is 24.1. The average Bonchev–Trinajstić information content (AvgIpc) is 2.72. The average molecular weight is 345 g/mol. The van der Waals surface area contributed by atoms with Crippen LogP contribution in [0, 0.1) is 5.82 Å². The number of hydrogen-bond acceptors (Lipinski definition) is 4. The number of rotatable bonds is 4. The molecule has 1 atom stereocenters. The van der Waals surface area contributed by atoms with Gasteiger partial charge in [-0.1, -0.05) is 11.6 Å². The van der Waals surface area contributed by atoms with Gasteiger partial charge in [0.2, 0.25) is 5.91 Å². The molecule has 1 aliphatic rings. The first-order valence-corrected chi connectivity index (χ1v) is 7.40. The zero-order valence-corrected chi connectivity index (χ0v) is 13.4. The van der Waals surface area contributed by atoms with Crippen LogP contribution in [0.5, 0.6) is 0 Å². The SMILES string of the molecule is CO[C@@]1(CC(N)=O)COCCN(C(=O)c2ccc(F)c(Cl)c2)C1. The van der Waals surface area contributed by atoms with Crippen molar-refractivity contribution in [1.82, 2.24) is 4.90 Å². The van der Waals surface area contributed by atoms with Gasteiger partial charge in [0, 0.05) is 19.2 Å². The number of carbonyl (C=O) groups excluding carboxylic acids is 2. The maximum absolute atomic E-state index is 13.2. The Morgan fingerprint density at radius 2 is 2.26 bits per heavy atom. The number of amides is 2. The van der Waals surface area contributed by atoms with Crippen molar-refractivity contribution < 1.29 is 23.5 Å². The number of methoxy groups -OCH3 is 1. The second-order valence-electron chi connectivity index (χ2n) is 5.44. The molecule has 8 heteroatoms. The fourth-order valence-electron chi connectivity index (χ4n) is 2.51. The van der Waals surface area contributed by atoms with E-state index in [2.05, 4.69) is 0 Å². The van der Waals surface area contributed by atoms with E-state index in [0.717, 1.165) is 6.07 Å². The maximum atomic E-state index is 13.2. The number of halogens is 2. The lowest BCUT2D eigenvalue weighted by molar-refractivity contribution is -0.129. The Kier molecular flexibility index (Phi) is 5.56.